The van der Waals surface area contributed by atoms with Gasteiger partial charge in [-0.25, -0.2) is 0 Å². The summed E-state index contributed by atoms with van der Waals surface area (Å²) in [5.41, 5.74) is 11.5. The molecular weight excluding hydrogens is 336 g/mol. The number of rotatable bonds is 4. The van der Waals surface area contributed by atoms with Crippen LogP contribution < -0.4 is 0 Å². The summed E-state index contributed by atoms with van der Waals surface area (Å²) in [7, 11) is 0. The molecule has 0 amide bonds. The van der Waals surface area contributed by atoms with Crippen LogP contribution in [0.5, 0.6) is 0 Å². The van der Waals surface area contributed by atoms with Crippen molar-refractivity contribution in [3.05, 3.63) is 108 Å². The molecule has 0 nitrogen and oxygen atoms in total. The monoisotopic (exact) mass is 362 g/mol. The molecule has 0 unspecified atom stereocenters. The molecule has 0 atom stereocenters. The zero-order valence-corrected chi connectivity index (χ0v) is 16.9. The third kappa shape index (κ3) is 3.92. The molecule has 0 spiro atoms. The van der Waals surface area contributed by atoms with Crippen LogP contribution in [0.15, 0.2) is 91.0 Å². The van der Waals surface area contributed by atoms with Gasteiger partial charge in [-0.1, -0.05) is 90.8 Å². The van der Waals surface area contributed by atoms with E-state index in [-0.39, 0.29) is 0 Å². The van der Waals surface area contributed by atoms with Crippen LogP contribution in [-0.2, 0) is 6.42 Å². The van der Waals surface area contributed by atoms with E-state index in [9.17, 15) is 0 Å². The van der Waals surface area contributed by atoms with Crippen molar-refractivity contribution in [1.82, 2.24) is 0 Å². The van der Waals surface area contributed by atoms with E-state index in [1.54, 1.807) is 0 Å². The second kappa shape index (κ2) is 7.86. The Kier molecular flexibility index (Phi) is 5.12. The maximum absolute atomic E-state index is 2.31. The third-order valence-corrected chi connectivity index (χ3v) is 5.33. The number of benzene rings is 4. The van der Waals surface area contributed by atoms with Gasteiger partial charge in [0.15, 0.2) is 0 Å². The molecule has 0 fully saturated rings. The highest BCUT2D eigenvalue weighted by atomic mass is 14.1. The highest BCUT2D eigenvalue weighted by Crippen LogP contribution is 2.33. The lowest BCUT2D eigenvalue weighted by Gasteiger charge is -2.12. The minimum Gasteiger partial charge on any atom is -0.0614 e. The largest absolute Gasteiger partial charge is 0.0614 e. The lowest BCUT2D eigenvalue weighted by Crippen LogP contribution is -1.88. The first-order valence-electron chi connectivity index (χ1n) is 10.0. The molecule has 0 aromatic heterocycles. The quantitative estimate of drug-likeness (QED) is 0.346. The summed E-state index contributed by atoms with van der Waals surface area (Å²) < 4.78 is 0. The van der Waals surface area contributed by atoms with Gasteiger partial charge in [0.2, 0.25) is 0 Å². The molecule has 0 bridgehead atoms. The summed E-state index contributed by atoms with van der Waals surface area (Å²) in [4.78, 5) is 0. The SMILES string of the molecule is CCc1ccc(-c2cc(-c3cccc(C)c3)cc(-c3cccc(C)c3)c2)cc1. The Morgan fingerprint density at radius 1 is 0.464 bits per heavy atom. The van der Waals surface area contributed by atoms with E-state index in [0.29, 0.717) is 0 Å². The topological polar surface area (TPSA) is 0 Å². The molecule has 0 aliphatic carbocycles. The summed E-state index contributed by atoms with van der Waals surface area (Å²) in [5, 5.41) is 0. The molecule has 0 heterocycles. The van der Waals surface area contributed by atoms with Crippen molar-refractivity contribution in [2.24, 2.45) is 0 Å². The van der Waals surface area contributed by atoms with Gasteiger partial charge >= 0.3 is 0 Å². The van der Waals surface area contributed by atoms with Crippen molar-refractivity contribution in [3.8, 4) is 33.4 Å². The molecule has 0 aliphatic heterocycles. The fraction of sp³-hybridized carbons (Fsp3) is 0.143. The molecule has 28 heavy (non-hydrogen) atoms. The summed E-state index contributed by atoms with van der Waals surface area (Å²) in [6.07, 6.45) is 1.07. The average Bonchev–Trinajstić information content (AvgIpc) is 2.73. The first kappa shape index (κ1) is 18.3. The van der Waals surface area contributed by atoms with Crippen LogP contribution in [0.4, 0.5) is 0 Å². The maximum Gasteiger partial charge on any atom is -0.0172 e. The van der Waals surface area contributed by atoms with Crippen molar-refractivity contribution in [1.29, 1.82) is 0 Å². The molecule has 0 aliphatic rings. The number of hydrogen-bond acceptors (Lipinski definition) is 0. The predicted molar refractivity (Wildman–Crippen MR) is 122 cm³/mol. The maximum atomic E-state index is 2.31. The van der Waals surface area contributed by atoms with E-state index in [2.05, 4.69) is 112 Å². The summed E-state index contributed by atoms with van der Waals surface area (Å²) in [5.74, 6) is 0. The molecule has 0 saturated heterocycles. The summed E-state index contributed by atoms with van der Waals surface area (Å²) >= 11 is 0. The zero-order valence-electron chi connectivity index (χ0n) is 16.9. The van der Waals surface area contributed by atoms with E-state index in [4.69, 9.17) is 0 Å². The molecule has 4 rings (SSSR count). The molecular formula is C28H26. The Bertz CT molecular complexity index is 1040. The Hall–Kier alpha value is -3.12. The molecule has 4 aromatic carbocycles. The summed E-state index contributed by atoms with van der Waals surface area (Å²) in [6.45, 7) is 6.50. The second-order valence-corrected chi connectivity index (χ2v) is 7.59. The number of aryl methyl sites for hydroxylation is 3. The van der Waals surface area contributed by atoms with Crippen molar-refractivity contribution in [2.45, 2.75) is 27.2 Å². The minimum atomic E-state index is 1.07. The minimum absolute atomic E-state index is 1.07. The normalized spacial score (nSPS) is 10.8. The van der Waals surface area contributed by atoms with Crippen LogP contribution in [-0.4, -0.2) is 0 Å². The van der Waals surface area contributed by atoms with Gasteiger partial charge in [0.25, 0.3) is 0 Å². The second-order valence-electron chi connectivity index (χ2n) is 7.59. The van der Waals surface area contributed by atoms with Crippen LogP contribution in [0.1, 0.15) is 23.6 Å². The van der Waals surface area contributed by atoms with Crippen LogP contribution in [0.2, 0.25) is 0 Å². The van der Waals surface area contributed by atoms with Gasteiger partial charge in [0.05, 0.1) is 0 Å². The van der Waals surface area contributed by atoms with E-state index in [1.807, 2.05) is 0 Å². The van der Waals surface area contributed by atoms with E-state index >= 15 is 0 Å². The van der Waals surface area contributed by atoms with E-state index in [1.165, 1.54) is 50.1 Å². The molecule has 4 aromatic rings. The predicted octanol–water partition coefficient (Wildman–Crippen LogP) is 7.87. The van der Waals surface area contributed by atoms with Crippen LogP contribution >= 0.6 is 0 Å². The van der Waals surface area contributed by atoms with E-state index in [0.717, 1.165) is 6.42 Å². The van der Waals surface area contributed by atoms with Gasteiger partial charge in [-0.2, -0.15) is 0 Å². The molecule has 138 valence electrons. The van der Waals surface area contributed by atoms with Crippen LogP contribution in [0.25, 0.3) is 33.4 Å². The van der Waals surface area contributed by atoms with Gasteiger partial charge in [0.1, 0.15) is 0 Å². The first-order chi connectivity index (χ1) is 13.6. The fourth-order valence-electron chi connectivity index (χ4n) is 3.71. The van der Waals surface area contributed by atoms with Crippen molar-refractivity contribution >= 4 is 0 Å². The average molecular weight is 363 g/mol. The van der Waals surface area contributed by atoms with E-state index < -0.39 is 0 Å². The smallest absolute Gasteiger partial charge is 0.0172 e. The standard InChI is InChI=1S/C28H26/c1-4-22-11-13-23(14-12-22)26-17-27(24-9-5-7-20(2)15-24)19-28(18-26)25-10-6-8-21(3)16-25/h5-19H,4H2,1-3H3. The fourth-order valence-corrected chi connectivity index (χ4v) is 3.71. The Morgan fingerprint density at radius 2 is 0.929 bits per heavy atom. The summed E-state index contributed by atoms with van der Waals surface area (Å²) in [6, 6.07) is 33.4. The lowest BCUT2D eigenvalue weighted by atomic mass is 9.92. The highest BCUT2D eigenvalue weighted by Gasteiger charge is 2.08. The molecule has 0 radical (unpaired) electrons. The van der Waals surface area contributed by atoms with Gasteiger partial charge < -0.3 is 0 Å². The number of hydrogen-bond donors (Lipinski definition) is 0. The van der Waals surface area contributed by atoms with Gasteiger partial charge in [-0.15, -0.1) is 0 Å². The van der Waals surface area contributed by atoms with Crippen LogP contribution in [0, 0.1) is 13.8 Å². The van der Waals surface area contributed by atoms with Crippen molar-refractivity contribution < 1.29 is 0 Å². The third-order valence-electron chi connectivity index (χ3n) is 5.33. The Morgan fingerprint density at radius 3 is 1.36 bits per heavy atom. The van der Waals surface area contributed by atoms with Gasteiger partial charge in [-0.3, -0.25) is 0 Å². The van der Waals surface area contributed by atoms with Crippen molar-refractivity contribution in [3.63, 3.8) is 0 Å². The molecule has 0 N–H and O–H groups in total. The highest BCUT2D eigenvalue weighted by molar-refractivity contribution is 5.81. The Labute approximate surface area is 168 Å². The molecule has 0 saturated carbocycles. The van der Waals surface area contributed by atoms with Gasteiger partial charge in [-0.05, 0) is 77.4 Å². The van der Waals surface area contributed by atoms with Crippen molar-refractivity contribution in [2.75, 3.05) is 0 Å². The zero-order chi connectivity index (χ0) is 19.5. The van der Waals surface area contributed by atoms with Crippen LogP contribution in [0.3, 0.4) is 0 Å². The lowest BCUT2D eigenvalue weighted by molar-refractivity contribution is 1.14. The Balaban J connectivity index is 1.89. The van der Waals surface area contributed by atoms with Gasteiger partial charge in [0, 0.05) is 0 Å². The molecule has 0 heteroatoms. The first-order valence-corrected chi connectivity index (χ1v) is 10.0.